The molecule has 2 heterocycles. The molecule has 0 spiro atoms. The molecule has 2 rings (SSSR count). The third-order valence-electron chi connectivity index (χ3n) is 4.44. The van der Waals surface area contributed by atoms with Crippen LogP contribution in [0.3, 0.4) is 0 Å². The molecule has 0 radical (unpaired) electrons. The number of nitrogens with one attached hydrogen (secondary N) is 2. The van der Waals surface area contributed by atoms with E-state index in [2.05, 4.69) is 17.6 Å². The second-order valence-corrected chi connectivity index (χ2v) is 7.49. The standard InChI is InChI=1S/C16H28N2O2S/c1-2-3-4-5-8-12(19)9-6-7-10-14-15-13(11-21-14)17-16(20)18-15/h13-15H,2-11H2,1H3,(H2,17,18,20)/t13-,14-,15-/m0/s1. The number of hydrogen-bond acceptors (Lipinski definition) is 3. The van der Waals surface area contributed by atoms with Gasteiger partial charge in [0.25, 0.3) is 0 Å². The van der Waals surface area contributed by atoms with Gasteiger partial charge in [0.1, 0.15) is 5.78 Å². The molecule has 0 aromatic heterocycles. The van der Waals surface area contributed by atoms with Crippen molar-refractivity contribution in [2.45, 2.75) is 82.0 Å². The molecule has 2 saturated heterocycles. The Balaban J connectivity index is 1.52. The van der Waals surface area contributed by atoms with Crippen molar-refractivity contribution in [1.29, 1.82) is 0 Å². The van der Waals surface area contributed by atoms with E-state index in [9.17, 15) is 9.59 Å². The highest BCUT2D eigenvalue weighted by Crippen LogP contribution is 2.33. The molecule has 3 atom stereocenters. The summed E-state index contributed by atoms with van der Waals surface area (Å²) < 4.78 is 0. The van der Waals surface area contributed by atoms with Crippen molar-refractivity contribution in [2.24, 2.45) is 0 Å². The molecule has 0 aliphatic carbocycles. The summed E-state index contributed by atoms with van der Waals surface area (Å²) in [5, 5.41) is 6.50. The maximum absolute atomic E-state index is 11.8. The lowest BCUT2D eigenvalue weighted by atomic mass is 10.0. The van der Waals surface area contributed by atoms with E-state index in [0.717, 1.165) is 44.3 Å². The Bertz CT molecular complexity index is 362. The van der Waals surface area contributed by atoms with E-state index >= 15 is 0 Å². The molecule has 2 N–H and O–H groups in total. The maximum Gasteiger partial charge on any atom is 0.315 e. The molecule has 2 amide bonds. The van der Waals surface area contributed by atoms with Crippen LogP contribution in [0.1, 0.15) is 64.7 Å². The topological polar surface area (TPSA) is 58.2 Å². The molecule has 2 aliphatic rings. The number of urea groups is 1. The number of carbonyl (C=O) groups is 2. The first-order chi connectivity index (χ1) is 10.2. The van der Waals surface area contributed by atoms with Gasteiger partial charge in [0.05, 0.1) is 12.1 Å². The number of carbonyl (C=O) groups excluding carboxylic acids is 2. The van der Waals surface area contributed by atoms with Gasteiger partial charge in [0, 0.05) is 23.8 Å². The van der Waals surface area contributed by atoms with Gasteiger partial charge in [-0.05, 0) is 19.3 Å². The fraction of sp³-hybridized carbons (Fsp3) is 0.875. The highest BCUT2D eigenvalue weighted by Gasteiger charge is 2.42. The van der Waals surface area contributed by atoms with Crippen molar-refractivity contribution in [1.82, 2.24) is 10.6 Å². The zero-order valence-electron chi connectivity index (χ0n) is 13.0. The van der Waals surface area contributed by atoms with Gasteiger partial charge in [0.2, 0.25) is 0 Å². The summed E-state index contributed by atoms with van der Waals surface area (Å²) in [5.74, 6) is 1.45. The summed E-state index contributed by atoms with van der Waals surface area (Å²) in [4.78, 5) is 23.0. The number of unbranched alkanes of at least 4 members (excludes halogenated alkanes) is 4. The molecule has 4 nitrogen and oxygen atoms in total. The van der Waals surface area contributed by atoms with Gasteiger partial charge in [0.15, 0.2) is 0 Å². The average molecular weight is 312 g/mol. The molecule has 21 heavy (non-hydrogen) atoms. The van der Waals surface area contributed by atoms with Gasteiger partial charge < -0.3 is 10.6 Å². The van der Waals surface area contributed by atoms with E-state index in [-0.39, 0.29) is 6.03 Å². The predicted molar refractivity (Wildman–Crippen MR) is 87.7 cm³/mol. The Hall–Kier alpha value is -0.710. The molecule has 5 heteroatoms. The van der Waals surface area contributed by atoms with Gasteiger partial charge in [-0.3, -0.25) is 4.79 Å². The number of ketones is 1. The SMILES string of the molecule is CCCCCCC(=O)CCCC[C@@H]1SC[C@@H]2NC(=O)N[C@@H]21. The van der Waals surface area contributed by atoms with Crippen LogP contribution in [0.25, 0.3) is 0 Å². The summed E-state index contributed by atoms with van der Waals surface area (Å²) in [6.07, 6.45) is 9.43. The first-order valence-corrected chi connectivity index (χ1v) is 9.46. The minimum Gasteiger partial charge on any atom is -0.332 e. The Morgan fingerprint density at radius 2 is 1.90 bits per heavy atom. The van der Waals surface area contributed by atoms with Crippen molar-refractivity contribution in [3.05, 3.63) is 0 Å². The second-order valence-electron chi connectivity index (χ2n) is 6.22. The normalized spacial score (nSPS) is 27.3. The quantitative estimate of drug-likeness (QED) is 0.481. The zero-order valence-corrected chi connectivity index (χ0v) is 13.8. The second kappa shape index (κ2) is 8.66. The maximum atomic E-state index is 11.8. The third-order valence-corrected chi connectivity index (χ3v) is 5.95. The monoisotopic (exact) mass is 312 g/mol. The molecule has 0 aromatic carbocycles. The molecule has 0 unspecified atom stereocenters. The summed E-state index contributed by atoms with van der Waals surface area (Å²) in [7, 11) is 0. The molecule has 0 saturated carbocycles. The van der Waals surface area contributed by atoms with Crippen LogP contribution >= 0.6 is 11.8 Å². The van der Waals surface area contributed by atoms with E-state index in [4.69, 9.17) is 0 Å². The molecule has 0 aromatic rings. The van der Waals surface area contributed by atoms with Crippen LogP contribution in [-0.2, 0) is 4.79 Å². The van der Waals surface area contributed by atoms with Gasteiger partial charge in [-0.1, -0.05) is 32.6 Å². The fourth-order valence-corrected chi connectivity index (χ4v) is 4.73. The number of thioether (sulfide) groups is 1. The molecular formula is C16H28N2O2S. The van der Waals surface area contributed by atoms with Crippen LogP contribution in [-0.4, -0.2) is 34.9 Å². The van der Waals surface area contributed by atoms with E-state index < -0.39 is 0 Å². The van der Waals surface area contributed by atoms with Crippen LogP contribution in [0.2, 0.25) is 0 Å². The van der Waals surface area contributed by atoms with Gasteiger partial charge in [-0.2, -0.15) is 11.8 Å². The minimum atomic E-state index is -0.0162. The highest BCUT2D eigenvalue weighted by atomic mass is 32.2. The average Bonchev–Trinajstić information content (AvgIpc) is 2.99. The van der Waals surface area contributed by atoms with Crippen LogP contribution in [0.4, 0.5) is 4.79 Å². The van der Waals surface area contributed by atoms with Crippen molar-refractivity contribution >= 4 is 23.6 Å². The van der Waals surface area contributed by atoms with Gasteiger partial charge in [-0.15, -0.1) is 0 Å². The number of hydrogen-bond donors (Lipinski definition) is 2. The lowest BCUT2D eigenvalue weighted by Gasteiger charge is -2.16. The van der Waals surface area contributed by atoms with Crippen molar-refractivity contribution in [3.63, 3.8) is 0 Å². The fourth-order valence-electron chi connectivity index (χ4n) is 3.18. The van der Waals surface area contributed by atoms with Crippen molar-refractivity contribution < 1.29 is 9.59 Å². The molecule has 0 bridgehead atoms. The Morgan fingerprint density at radius 1 is 1.14 bits per heavy atom. The Morgan fingerprint density at radius 3 is 2.67 bits per heavy atom. The van der Waals surface area contributed by atoms with Crippen molar-refractivity contribution in [3.8, 4) is 0 Å². The molecular weight excluding hydrogens is 284 g/mol. The van der Waals surface area contributed by atoms with E-state index in [1.165, 1.54) is 19.3 Å². The first-order valence-electron chi connectivity index (χ1n) is 8.41. The Labute approximate surface area is 132 Å². The summed E-state index contributed by atoms with van der Waals surface area (Å²) in [6, 6.07) is 0.595. The number of amides is 2. The first kappa shape index (κ1) is 16.7. The third kappa shape index (κ3) is 5.20. The highest BCUT2D eigenvalue weighted by molar-refractivity contribution is 8.00. The van der Waals surface area contributed by atoms with Crippen LogP contribution in [0.5, 0.6) is 0 Å². The van der Waals surface area contributed by atoms with Crippen LogP contribution in [0, 0.1) is 0 Å². The number of Topliss-reactive ketones (excluding diaryl/α,β-unsaturated/α-hetero) is 1. The van der Waals surface area contributed by atoms with Crippen LogP contribution in [0.15, 0.2) is 0 Å². The number of fused-ring (bicyclic) bond motifs is 1. The lowest BCUT2D eigenvalue weighted by molar-refractivity contribution is -0.119. The van der Waals surface area contributed by atoms with E-state index in [0.29, 0.717) is 23.1 Å². The summed E-state index contributed by atoms with van der Waals surface area (Å²) in [5.41, 5.74) is 0. The zero-order chi connectivity index (χ0) is 15.1. The van der Waals surface area contributed by atoms with Crippen molar-refractivity contribution in [2.75, 3.05) is 5.75 Å². The largest absolute Gasteiger partial charge is 0.332 e. The number of rotatable bonds is 10. The van der Waals surface area contributed by atoms with E-state index in [1.807, 2.05) is 11.8 Å². The van der Waals surface area contributed by atoms with Gasteiger partial charge in [-0.25, -0.2) is 4.79 Å². The van der Waals surface area contributed by atoms with Gasteiger partial charge >= 0.3 is 6.03 Å². The van der Waals surface area contributed by atoms with E-state index in [1.54, 1.807) is 0 Å². The molecule has 2 fully saturated rings. The summed E-state index contributed by atoms with van der Waals surface area (Å²) >= 11 is 1.95. The molecule has 2 aliphatic heterocycles. The Kier molecular flexibility index (Phi) is 6.87. The van der Waals surface area contributed by atoms with Crippen LogP contribution < -0.4 is 10.6 Å². The smallest absolute Gasteiger partial charge is 0.315 e. The molecule has 120 valence electrons. The summed E-state index contributed by atoms with van der Waals surface area (Å²) in [6.45, 7) is 2.19. The minimum absolute atomic E-state index is 0.0162. The predicted octanol–water partition coefficient (Wildman–Crippen LogP) is 3.25. The lowest BCUT2D eigenvalue weighted by Crippen LogP contribution is -2.36.